The van der Waals surface area contributed by atoms with E-state index in [0.29, 0.717) is 16.9 Å². The molecule has 3 aromatic heterocycles. The van der Waals surface area contributed by atoms with Crippen molar-refractivity contribution < 1.29 is 47.5 Å². The van der Waals surface area contributed by atoms with Crippen molar-refractivity contribution in [3.8, 4) is 22.5 Å². The number of rotatable bonds is 11. The SMILES string of the molecule is CN(C(=O)CO[C@@H]1[C@@H](n2cc(-c3cc(F)c(F)c(F)c3)nn2)[C@@H](O)[C@@H](CO)O[C@H]1S[C@@H]1COC[C@H](n2cc(-c3cncnc3)nn2)[C@H]1O)c1ccccc1. The largest absolute Gasteiger partial charge is 0.394 e. The van der Waals surface area contributed by atoms with E-state index in [1.54, 1.807) is 56.0 Å². The number of halogens is 3. The molecule has 5 aromatic rings. The third-order valence-corrected chi connectivity index (χ3v) is 10.6. The summed E-state index contributed by atoms with van der Waals surface area (Å²) in [5.74, 6) is -4.98. The summed E-state index contributed by atoms with van der Waals surface area (Å²) < 4.78 is 63.0. The summed E-state index contributed by atoms with van der Waals surface area (Å²) in [5.41, 5.74) is 0.419. The van der Waals surface area contributed by atoms with Crippen molar-refractivity contribution in [2.45, 2.75) is 47.2 Å². The molecule has 284 valence electrons. The lowest BCUT2D eigenvalue weighted by atomic mass is 9.97. The number of ether oxygens (including phenoxy) is 3. The highest BCUT2D eigenvalue weighted by atomic mass is 32.2. The zero-order chi connectivity index (χ0) is 37.9. The number of anilines is 1. The molecule has 0 saturated carbocycles. The Labute approximate surface area is 309 Å². The molecule has 20 heteroatoms. The van der Waals surface area contributed by atoms with E-state index in [4.69, 9.17) is 14.2 Å². The summed E-state index contributed by atoms with van der Waals surface area (Å²) in [7, 11) is 1.57. The van der Waals surface area contributed by atoms with Gasteiger partial charge in [-0.15, -0.1) is 22.0 Å². The van der Waals surface area contributed by atoms with E-state index in [9.17, 15) is 33.3 Å². The van der Waals surface area contributed by atoms with Crippen LogP contribution in [0.15, 0.2) is 73.6 Å². The van der Waals surface area contributed by atoms with Crippen LogP contribution >= 0.6 is 11.8 Å². The molecular weight excluding hydrogens is 735 g/mol. The lowest BCUT2D eigenvalue weighted by Crippen LogP contribution is -2.57. The molecule has 0 radical (unpaired) electrons. The maximum absolute atomic E-state index is 14.1. The number of carbonyl (C=O) groups is 1. The lowest BCUT2D eigenvalue weighted by molar-refractivity contribution is -0.193. The topological polar surface area (TPSA) is 196 Å². The Morgan fingerprint density at radius 1 is 0.963 bits per heavy atom. The number of aliphatic hydroxyl groups excluding tert-OH is 3. The maximum Gasteiger partial charge on any atom is 0.252 e. The number of aromatic nitrogens is 8. The van der Waals surface area contributed by atoms with Crippen LogP contribution in [0.25, 0.3) is 22.5 Å². The highest BCUT2D eigenvalue weighted by Crippen LogP contribution is 2.41. The van der Waals surface area contributed by atoms with Crippen LogP contribution in [-0.2, 0) is 19.0 Å². The fraction of sp³-hybridized carbons (Fsp3) is 0.382. The van der Waals surface area contributed by atoms with Crippen molar-refractivity contribution in [2.75, 3.05) is 38.4 Å². The number of aliphatic hydroxyl groups is 3. The van der Waals surface area contributed by atoms with Gasteiger partial charge in [0.1, 0.15) is 60.2 Å². The number of thioether (sulfide) groups is 1. The molecule has 3 N–H and O–H groups in total. The minimum absolute atomic E-state index is 0.0604. The predicted molar refractivity (Wildman–Crippen MR) is 184 cm³/mol. The van der Waals surface area contributed by atoms with Crippen LogP contribution < -0.4 is 4.90 Å². The zero-order valence-corrected chi connectivity index (χ0v) is 29.2. The van der Waals surface area contributed by atoms with Gasteiger partial charge >= 0.3 is 0 Å². The van der Waals surface area contributed by atoms with Crippen molar-refractivity contribution in [2.24, 2.45) is 0 Å². The summed E-state index contributed by atoms with van der Waals surface area (Å²) in [5, 5.41) is 49.3. The molecule has 0 bridgehead atoms. The Morgan fingerprint density at radius 2 is 1.63 bits per heavy atom. The van der Waals surface area contributed by atoms with Crippen molar-refractivity contribution in [1.29, 1.82) is 0 Å². The molecule has 7 rings (SSSR count). The molecule has 0 spiro atoms. The van der Waals surface area contributed by atoms with Crippen LogP contribution in [-0.4, -0.2) is 130 Å². The van der Waals surface area contributed by atoms with Crippen molar-refractivity contribution in [1.82, 2.24) is 40.0 Å². The average Bonchev–Trinajstić information content (AvgIpc) is 3.89. The van der Waals surface area contributed by atoms with Crippen LogP contribution in [0.3, 0.4) is 0 Å². The number of amides is 1. The van der Waals surface area contributed by atoms with Crippen LogP contribution in [0.1, 0.15) is 12.1 Å². The smallest absolute Gasteiger partial charge is 0.252 e. The van der Waals surface area contributed by atoms with Crippen LogP contribution in [0, 0.1) is 17.5 Å². The first-order valence-electron chi connectivity index (χ1n) is 16.7. The second-order valence-electron chi connectivity index (χ2n) is 12.6. The number of nitrogens with zero attached hydrogens (tertiary/aromatic N) is 9. The molecule has 2 fully saturated rings. The molecule has 5 heterocycles. The van der Waals surface area contributed by atoms with Crippen LogP contribution in [0.2, 0.25) is 0 Å². The fourth-order valence-corrected chi connectivity index (χ4v) is 7.71. The third kappa shape index (κ3) is 7.71. The minimum atomic E-state index is -1.65. The third-order valence-electron chi connectivity index (χ3n) is 9.20. The van der Waals surface area contributed by atoms with Crippen molar-refractivity contribution in [3.63, 3.8) is 0 Å². The van der Waals surface area contributed by atoms with E-state index in [1.165, 1.54) is 26.8 Å². The summed E-state index contributed by atoms with van der Waals surface area (Å²) >= 11 is 1.09. The van der Waals surface area contributed by atoms with Gasteiger partial charge in [0.15, 0.2) is 17.5 Å². The van der Waals surface area contributed by atoms with Crippen molar-refractivity contribution >= 4 is 23.4 Å². The number of carbonyl (C=O) groups excluding carboxylic acids is 1. The standard InChI is InChI=1S/C34H34F3N9O7S/c1-44(20-5-3-2-4-6-20)28(48)16-52-33-30(46-12-23(40-43-46)18-7-21(35)29(37)22(36)8-18)32(50)26(13-47)53-34(33)54-27-15-51-14-25(31(27)49)45-11-24(41-42-45)19-9-38-17-39-10-19/h2-12,17,25-27,30-34,47,49-50H,13-16H2,1H3/t25-,26+,27+,30-,31+,32-,33+,34-/m0/s1. The van der Waals surface area contributed by atoms with Crippen molar-refractivity contribution in [3.05, 3.63) is 91.0 Å². The number of hydrogen-bond donors (Lipinski definition) is 3. The summed E-state index contributed by atoms with van der Waals surface area (Å²) in [6.45, 7) is -0.989. The van der Waals surface area contributed by atoms with Crippen LogP contribution in [0.5, 0.6) is 0 Å². The first kappa shape index (κ1) is 37.5. The van der Waals surface area contributed by atoms with Gasteiger partial charge in [-0.25, -0.2) is 32.5 Å². The van der Waals surface area contributed by atoms with E-state index >= 15 is 0 Å². The second kappa shape index (κ2) is 16.3. The van der Waals surface area contributed by atoms with Gasteiger partial charge in [-0.2, -0.15) is 0 Å². The molecular formula is C34H34F3N9O7S. The molecule has 8 atom stereocenters. The van der Waals surface area contributed by atoms with Gasteiger partial charge in [-0.1, -0.05) is 28.6 Å². The highest BCUT2D eigenvalue weighted by molar-refractivity contribution is 8.00. The Kier molecular flexibility index (Phi) is 11.3. The van der Waals surface area contributed by atoms with Gasteiger partial charge in [0.25, 0.3) is 5.91 Å². The predicted octanol–water partition coefficient (Wildman–Crippen LogP) is 1.81. The maximum atomic E-state index is 14.1. The number of para-hydroxylation sites is 1. The Balaban J connectivity index is 1.18. The van der Waals surface area contributed by atoms with E-state index in [-0.39, 0.29) is 24.5 Å². The number of hydrogen-bond acceptors (Lipinski definition) is 14. The highest BCUT2D eigenvalue weighted by Gasteiger charge is 2.50. The van der Waals surface area contributed by atoms with E-state index in [2.05, 4.69) is 30.6 Å². The number of likely N-dealkylation sites (N-methyl/N-ethyl adjacent to an activating group) is 1. The van der Waals surface area contributed by atoms with Gasteiger partial charge in [-0.3, -0.25) is 4.79 Å². The zero-order valence-electron chi connectivity index (χ0n) is 28.4. The van der Waals surface area contributed by atoms with E-state index in [1.807, 2.05) is 0 Å². The quantitative estimate of drug-likeness (QED) is 0.165. The van der Waals surface area contributed by atoms with Gasteiger partial charge in [0.05, 0.1) is 43.6 Å². The minimum Gasteiger partial charge on any atom is -0.394 e. The molecule has 0 aliphatic carbocycles. The van der Waals surface area contributed by atoms with Gasteiger partial charge < -0.3 is 34.4 Å². The molecule has 54 heavy (non-hydrogen) atoms. The average molecular weight is 770 g/mol. The van der Waals surface area contributed by atoms with Gasteiger partial charge in [0.2, 0.25) is 0 Å². The summed E-state index contributed by atoms with van der Waals surface area (Å²) in [4.78, 5) is 22.8. The van der Waals surface area contributed by atoms with Gasteiger partial charge in [-0.05, 0) is 24.3 Å². The van der Waals surface area contributed by atoms with Gasteiger partial charge in [0, 0.05) is 36.3 Å². The molecule has 1 amide bonds. The van der Waals surface area contributed by atoms with Crippen LogP contribution in [0.4, 0.5) is 18.9 Å². The first-order chi connectivity index (χ1) is 26.1. The molecule has 0 unspecified atom stereocenters. The van der Waals surface area contributed by atoms with E-state index < -0.39 is 83.8 Å². The Bertz CT molecular complexity index is 2030. The molecule has 2 aliphatic heterocycles. The first-order valence-corrected chi connectivity index (χ1v) is 17.6. The Hall–Kier alpha value is -4.83. The molecule has 2 saturated heterocycles. The molecule has 2 aliphatic rings. The second-order valence-corrected chi connectivity index (χ2v) is 13.9. The fourth-order valence-electron chi connectivity index (χ4n) is 6.25. The molecule has 2 aromatic carbocycles. The summed E-state index contributed by atoms with van der Waals surface area (Å²) in [6.07, 6.45) is 2.43. The lowest BCUT2D eigenvalue weighted by Gasteiger charge is -2.45. The number of benzene rings is 2. The molecule has 16 nitrogen and oxygen atoms in total. The van der Waals surface area contributed by atoms with E-state index in [0.717, 1.165) is 23.9 Å². The normalized spacial score (nSPS) is 25.8. The monoisotopic (exact) mass is 769 g/mol. The Morgan fingerprint density at radius 3 is 2.33 bits per heavy atom. The summed E-state index contributed by atoms with van der Waals surface area (Å²) in [6, 6.07) is 8.43.